The van der Waals surface area contributed by atoms with Crippen LogP contribution >= 0.6 is 11.3 Å². The highest BCUT2D eigenvalue weighted by atomic mass is 32.1. The number of aromatic nitrogens is 5. The molecule has 25 heavy (non-hydrogen) atoms. The third kappa shape index (κ3) is 3.18. The monoisotopic (exact) mass is 357 g/mol. The van der Waals surface area contributed by atoms with Gasteiger partial charge in [0.2, 0.25) is 10.1 Å². The van der Waals surface area contributed by atoms with Crippen LogP contribution in [0.2, 0.25) is 0 Å². The molecule has 4 rings (SSSR count). The number of hydrogen-bond acceptors (Lipinski definition) is 7. The minimum atomic E-state index is 0.343. The van der Waals surface area contributed by atoms with Crippen LogP contribution in [0.25, 0.3) is 4.96 Å². The van der Waals surface area contributed by atoms with Crippen LogP contribution in [0.3, 0.4) is 0 Å². The van der Waals surface area contributed by atoms with Gasteiger partial charge in [0.15, 0.2) is 0 Å². The number of anilines is 2. The number of nitrogens with zero attached hydrogens (tertiary/aromatic N) is 7. The Morgan fingerprint density at radius 2 is 1.68 bits per heavy atom. The van der Waals surface area contributed by atoms with E-state index in [1.165, 1.54) is 0 Å². The molecule has 1 aliphatic heterocycles. The van der Waals surface area contributed by atoms with Crippen LogP contribution in [-0.4, -0.2) is 50.7 Å². The molecule has 4 heterocycles. The lowest BCUT2D eigenvalue weighted by molar-refractivity contribution is 0.636. The van der Waals surface area contributed by atoms with Gasteiger partial charge in [-0.3, -0.25) is 0 Å². The van der Waals surface area contributed by atoms with E-state index < -0.39 is 0 Å². The topological polar surface area (TPSA) is 62.5 Å². The molecule has 1 saturated heterocycles. The highest BCUT2D eigenvalue weighted by Gasteiger charge is 2.22. The number of hydrogen-bond donors (Lipinski definition) is 0. The van der Waals surface area contributed by atoms with Crippen molar-refractivity contribution in [1.82, 2.24) is 24.6 Å². The molecule has 3 aromatic rings. The molecule has 0 atom stereocenters. The Kier molecular flexibility index (Phi) is 4.07. The molecule has 0 spiro atoms. The van der Waals surface area contributed by atoms with Crippen LogP contribution < -0.4 is 9.80 Å². The van der Waals surface area contributed by atoms with Gasteiger partial charge in [0.25, 0.3) is 0 Å². The summed E-state index contributed by atoms with van der Waals surface area (Å²) in [6, 6.07) is 2.09. The summed E-state index contributed by atoms with van der Waals surface area (Å²) in [4.78, 5) is 19.4. The third-order valence-electron chi connectivity index (χ3n) is 4.40. The highest BCUT2D eigenvalue weighted by molar-refractivity contribution is 7.20. The SMILES string of the molecule is Cc1cc(N2CCN(c3nn4cc(C)nc4s3)CC2)nc(C(C)C)n1. The summed E-state index contributed by atoms with van der Waals surface area (Å²) >= 11 is 1.65. The van der Waals surface area contributed by atoms with E-state index in [0.29, 0.717) is 5.92 Å². The Hall–Kier alpha value is -2.22. The standard InChI is InChI=1S/C17H23N7S/c1-11(2)15-18-12(3)9-14(20-15)22-5-7-23(8-6-22)17-21-24-10-13(4)19-16(24)25-17/h9-11H,5-8H2,1-4H3. The van der Waals surface area contributed by atoms with Crippen molar-refractivity contribution in [2.45, 2.75) is 33.6 Å². The molecule has 1 fully saturated rings. The van der Waals surface area contributed by atoms with Crippen molar-refractivity contribution in [3.8, 4) is 0 Å². The smallest absolute Gasteiger partial charge is 0.214 e. The maximum atomic E-state index is 4.76. The normalized spacial score (nSPS) is 15.6. The molecule has 7 nitrogen and oxygen atoms in total. The third-order valence-corrected chi connectivity index (χ3v) is 5.38. The molecular weight excluding hydrogens is 334 g/mol. The number of rotatable bonds is 3. The van der Waals surface area contributed by atoms with Gasteiger partial charge >= 0.3 is 0 Å². The van der Waals surface area contributed by atoms with Crippen molar-refractivity contribution in [3.63, 3.8) is 0 Å². The number of piperazine rings is 1. The zero-order valence-electron chi connectivity index (χ0n) is 15.1. The zero-order chi connectivity index (χ0) is 17.6. The maximum Gasteiger partial charge on any atom is 0.214 e. The van der Waals surface area contributed by atoms with E-state index in [2.05, 4.69) is 44.8 Å². The van der Waals surface area contributed by atoms with Gasteiger partial charge < -0.3 is 9.80 Å². The molecule has 132 valence electrons. The van der Waals surface area contributed by atoms with Gasteiger partial charge in [-0.15, -0.1) is 5.10 Å². The maximum absolute atomic E-state index is 4.76. The van der Waals surface area contributed by atoms with E-state index in [1.807, 2.05) is 24.6 Å². The van der Waals surface area contributed by atoms with Gasteiger partial charge in [0.05, 0.1) is 11.9 Å². The summed E-state index contributed by atoms with van der Waals surface area (Å²) < 4.78 is 1.88. The summed E-state index contributed by atoms with van der Waals surface area (Å²) in [5, 5.41) is 5.71. The fourth-order valence-electron chi connectivity index (χ4n) is 3.05. The number of imidazole rings is 1. The molecule has 0 N–H and O–H groups in total. The van der Waals surface area contributed by atoms with Crippen molar-refractivity contribution < 1.29 is 0 Å². The molecule has 0 unspecified atom stereocenters. The second-order valence-corrected chi connectivity index (χ2v) is 7.78. The average Bonchev–Trinajstić information content (AvgIpc) is 3.11. The number of fused-ring (bicyclic) bond motifs is 1. The first-order valence-electron chi connectivity index (χ1n) is 8.68. The fraction of sp³-hybridized carbons (Fsp3) is 0.529. The van der Waals surface area contributed by atoms with Crippen LogP contribution in [0.15, 0.2) is 12.3 Å². The minimum Gasteiger partial charge on any atom is -0.353 e. The fourth-order valence-corrected chi connectivity index (χ4v) is 4.03. The van der Waals surface area contributed by atoms with Crippen molar-refractivity contribution in [2.24, 2.45) is 0 Å². The van der Waals surface area contributed by atoms with E-state index in [9.17, 15) is 0 Å². The van der Waals surface area contributed by atoms with E-state index in [1.54, 1.807) is 11.3 Å². The molecule has 0 saturated carbocycles. The molecule has 3 aromatic heterocycles. The number of aryl methyl sites for hydroxylation is 2. The predicted molar refractivity (Wildman–Crippen MR) is 101 cm³/mol. The molecule has 8 heteroatoms. The summed E-state index contributed by atoms with van der Waals surface area (Å²) in [5.41, 5.74) is 2.04. The summed E-state index contributed by atoms with van der Waals surface area (Å²) in [5.74, 6) is 2.31. The Balaban J connectivity index is 1.48. The van der Waals surface area contributed by atoms with Crippen LogP contribution in [0.1, 0.15) is 37.0 Å². The first-order valence-corrected chi connectivity index (χ1v) is 9.49. The Morgan fingerprint density at radius 3 is 2.36 bits per heavy atom. The lowest BCUT2D eigenvalue weighted by Crippen LogP contribution is -2.47. The lowest BCUT2D eigenvalue weighted by Gasteiger charge is -2.35. The van der Waals surface area contributed by atoms with Crippen molar-refractivity contribution in [1.29, 1.82) is 0 Å². The van der Waals surface area contributed by atoms with Gasteiger partial charge in [-0.2, -0.15) is 0 Å². The molecular formula is C17H23N7S. The average molecular weight is 357 g/mol. The van der Waals surface area contributed by atoms with Crippen LogP contribution in [-0.2, 0) is 0 Å². The van der Waals surface area contributed by atoms with E-state index >= 15 is 0 Å². The second-order valence-electron chi connectivity index (χ2n) is 6.85. The van der Waals surface area contributed by atoms with Gasteiger partial charge in [-0.25, -0.2) is 19.5 Å². The molecule has 0 radical (unpaired) electrons. The summed E-state index contributed by atoms with van der Waals surface area (Å²) in [6.07, 6.45) is 1.97. The molecule has 0 aliphatic carbocycles. The highest BCUT2D eigenvalue weighted by Crippen LogP contribution is 2.25. The van der Waals surface area contributed by atoms with Crippen LogP contribution in [0, 0.1) is 13.8 Å². The van der Waals surface area contributed by atoms with E-state index in [-0.39, 0.29) is 0 Å². The van der Waals surface area contributed by atoms with Crippen LogP contribution in [0.5, 0.6) is 0 Å². The van der Waals surface area contributed by atoms with Gasteiger partial charge in [-0.1, -0.05) is 25.2 Å². The Morgan fingerprint density at radius 1 is 0.960 bits per heavy atom. The van der Waals surface area contributed by atoms with Crippen molar-refractivity contribution >= 4 is 27.2 Å². The van der Waals surface area contributed by atoms with Gasteiger partial charge in [0.1, 0.15) is 11.6 Å². The van der Waals surface area contributed by atoms with Crippen molar-refractivity contribution in [2.75, 3.05) is 36.0 Å². The summed E-state index contributed by atoms with van der Waals surface area (Å²) in [6.45, 7) is 12.1. The minimum absolute atomic E-state index is 0.343. The summed E-state index contributed by atoms with van der Waals surface area (Å²) in [7, 11) is 0. The molecule has 0 aromatic carbocycles. The Labute approximate surface area is 151 Å². The molecule has 1 aliphatic rings. The van der Waals surface area contributed by atoms with Crippen molar-refractivity contribution in [3.05, 3.63) is 29.5 Å². The molecule has 0 amide bonds. The second kappa shape index (κ2) is 6.25. The van der Waals surface area contributed by atoms with Gasteiger partial charge in [0, 0.05) is 43.9 Å². The predicted octanol–water partition coefficient (Wildman–Crippen LogP) is 2.65. The molecule has 0 bridgehead atoms. The van der Waals surface area contributed by atoms with E-state index in [0.717, 1.165) is 59.3 Å². The first-order chi connectivity index (χ1) is 12.0. The quantitative estimate of drug-likeness (QED) is 0.718. The first kappa shape index (κ1) is 16.3. The Bertz CT molecular complexity index is 858. The van der Waals surface area contributed by atoms with Gasteiger partial charge in [-0.05, 0) is 13.8 Å². The van der Waals surface area contributed by atoms with E-state index in [4.69, 9.17) is 4.98 Å². The lowest BCUT2D eigenvalue weighted by atomic mass is 10.2. The van der Waals surface area contributed by atoms with Crippen LogP contribution in [0.4, 0.5) is 10.9 Å². The largest absolute Gasteiger partial charge is 0.353 e. The zero-order valence-corrected chi connectivity index (χ0v) is 15.9.